The highest BCUT2D eigenvalue weighted by molar-refractivity contribution is 5.90. The third kappa shape index (κ3) is 4.89. The van der Waals surface area contributed by atoms with Gasteiger partial charge in [-0.05, 0) is 31.0 Å². The predicted molar refractivity (Wildman–Crippen MR) is 108 cm³/mol. The summed E-state index contributed by atoms with van der Waals surface area (Å²) in [6.07, 6.45) is 4.16. The number of aliphatic hydroxyl groups excluding tert-OH is 1. The van der Waals surface area contributed by atoms with E-state index in [0.29, 0.717) is 17.9 Å². The van der Waals surface area contributed by atoms with Crippen LogP contribution < -0.4 is 15.4 Å². The molecule has 7 heteroatoms. The van der Waals surface area contributed by atoms with Crippen LogP contribution in [0.25, 0.3) is 5.69 Å². The summed E-state index contributed by atoms with van der Waals surface area (Å²) in [5.41, 5.74) is 3.36. The summed E-state index contributed by atoms with van der Waals surface area (Å²) in [7, 11) is 1.58. The van der Waals surface area contributed by atoms with Crippen molar-refractivity contribution >= 4 is 11.7 Å². The molecule has 3 rings (SSSR count). The first-order chi connectivity index (χ1) is 13.6. The third-order valence-corrected chi connectivity index (χ3v) is 4.31. The van der Waals surface area contributed by atoms with Gasteiger partial charge in [0, 0.05) is 18.0 Å². The number of aromatic nitrogens is 2. The smallest absolute Gasteiger partial charge is 0.319 e. The van der Waals surface area contributed by atoms with Gasteiger partial charge in [-0.3, -0.25) is 0 Å². The van der Waals surface area contributed by atoms with Gasteiger partial charge in [-0.2, -0.15) is 0 Å². The van der Waals surface area contributed by atoms with Gasteiger partial charge in [-0.25, -0.2) is 9.78 Å². The third-order valence-electron chi connectivity index (χ3n) is 4.31. The van der Waals surface area contributed by atoms with E-state index in [1.54, 1.807) is 25.6 Å². The van der Waals surface area contributed by atoms with Crippen molar-refractivity contribution in [2.24, 2.45) is 0 Å². The van der Waals surface area contributed by atoms with Crippen molar-refractivity contribution in [1.29, 1.82) is 0 Å². The van der Waals surface area contributed by atoms with E-state index in [4.69, 9.17) is 4.74 Å². The predicted octanol–water partition coefficient (Wildman–Crippen LogP) is 2.91. The lowest BCUT2D eigenvalue weighted by molar-refractivity contribution is 0.224. The molecule has 1 aromatic heterocycles. The maximum Gasteiger partial charge on any atom is 0.319 e. The van der Waals surface area contributed by atoms with E-state index in [1.165, 1.54) is 0 Å². The van der Waals surface area contributed by atoms with Gasteiger partial charge in [0.15, 0.2) is 0 Å². The van der Waals surface area contributed by atoms with E-state index < -0.39 is 0 Å². The summed E-state index contributed by atoms with van der Waals surface area (Å²) in [5.74, 6) is 0.609. The lowest BCUT2D eigenvalue weighted by atomic mass is 10.1. The Morgan fingerprint density at radius 2 is 2.04 bits per heavy atom. The second-order valence-electron chi connectivity index (χ2n) is 6.48. The number of nitrogens with zero attached hydrogens (tertiary/aromatic N) is 2. The van der Waals surface area contributed by atoms with Crippen LogP contribution in [-0.4, -0.2) is 40.4 Å². The Morgan fingerprint density at radius 3 is 2.68 bits per heavy atom. The van der Waals surface area contributed by atoms with Crippen LogP contribution in [0.3, 0.4) is 0 Å². The van der Waals surface area contributed by atoms with Gasteiger partial charge in [0.25, 0.3) is 0 Å². The minimum atomic E-state index is -0.386. The van der Waals surface area contributed by atoms with Gasteiger partial charge < -0.3 is 25.0 Å². The van der Waals surface area contributed by atoms with Gasteiger partial charge in [-0.15, -0.1) is 0 Å². The van der Waals surface area contributed by atoms with Gasteiger partial charge in [0.05, 0.1) is 37.5 Å². The van der Waals surface area contributed by atoms with Crippen LogP contribution in [-0.2, 0) is 6.42 Å². The molecule has 0 bridgehead atoms. The second kappa shape index (κ2) is 9.05. The normalized spacial score (nSPS) is 11.7. The Kier molecular flexibility index (Phi) is 6.29. The number of benzene rings is 2. The van der Waals surface area contributed by atoms with E-state index in [1.807, 2.05) is 54.1 Å². The lowest BCUT2D eigenvalue weighted by Crippen LogP contribution is -2.41. The standard InChI is InChI=1S/C21H24N4O3/c1-15-12-25(14-22-15)19-9-8-17(11-20(19)28-2)23-21(27)24-18(13-26)10-16-6-4-3-5-7-16/h3-9,11-12,14,18,26H,10,13H2,1-2H3,(H2,23,24,27). The zero-order chi connectivity index (χ0) is 19.9. The number of hydrogen-bond donors (Lipinski definition) is 3. The summed E-state index contributed by atoms with van der Waals surface area (Å²) in [5, 5.41) is 15.2. The van der Waals surface area contributed by atoms with Crippen molar-refractivity contribution in [3.05, 3.63) is 72.3 Å². The van der Waals surface area contributed by atoms with Crippen LogP contribution >= 0.6 is 0 Å². The monoisotopic (exact) mass is 380 g/mol. The zero-order valence-corrected chi connectivity index (χ0v) is 15.9. The molecule has 0 aliphatic rings. The highest BCUT2D eigenvalue weighted by Gasteiger charge is 2.13. The van der Waals surface area contributed by atoms with Crippen LogP contribution in [0.15, 0.2) is 61.1 Å². The molecule has 0 spiro atoms. The quantitative estimate of drug-likeness (QED) is 0.588. The fraction of sp³-hybridized carbons (Fsp3) is 0.238. The largest absolute Gasteiger partial charge is 0.494 e. The SMILES string of the molecule is COc1cc(NC(=O)NC(CO)Cc2ccccc2)ccc1-n1cnc(C)c1. The molecule has 1 atom stereocenters. The fourth-order valence-corrected chi connectivity index (χ4v) is 2.93. The molecule has 146 valence electrons. The van der Waals surface area contributed by atoms with E-state index in [2.05, 4.69) is 15.6 Å². The number of urea groups is 1. The number of aryl methyl sites for hydroxylation is 1. The summed E-state index contributed by atoms with van der Waals surface area (Å²) in [6.45, 7) is 1.76. The van der Waals surface area contributed by atoms with Crippen molar-refractivity contribution in [2.45, 2.75) is 19.4 Å². The Balaban J connectivity index is 1.66. The molecule has 2 aromatic carbocycles. The number of rotatable bonds is 7. The van der Waals surface area contributed by atoms with Gasteiger partial charge in [-0.1, -0.05) is 30.3 Å². The van der Waals surface area contributed by atoms with Gasteiger partial charge in [0.2, 0.25) is 0 Å². The maximum atomic E-state index is 12.3. The number of carbonyl (C=O) groups is 1. The van der Waals surface area contributed by atoms with Crippen LogP contribution in [0.5, 0.6) is 5.75 Å². The van der Waals surface area contributed by atoms with E-state index in [9.17, 15) is 9.90 Å². The Hall–Kier alpha value is -3.32. The van der Waals surface area contributed by atoms with Crippen LogP contribution in [0.2, 0.25) is 0 Å². The molecule has 28 heavy (non-hydrogen) atoms. The van der Waals surface area contributed by atoms with E-state index in [-0.39, 0.29) is 18.7 Å². The Morgan fingerprint density at radius 1 is 1.25 bits per heavy atom. The second-order valence-corrected chi connectivity index (χ2v) is 6.48. The van der Waals surface area contributed by atoms with Crippen molar-refractivity contribution in [1.82, 2.24) is 14.9 Å². The number of hydrogen-bond acceptors (Lipinski definition) is 4. The molecular formula is C21H24N4O3. The van der Waals surface area contributed by atoms with Crippen LogP contribution in [0, 0.1) is 6.92 Å². The first-order valence-electron chi connectivity index (χ1n) is 9.00. The molecule has 1 heterocycles. The van der Waals surface area contributed by atoms with Gasteiger partial charge in [0.1, 0.15) is 5.75 Å². The topological polar surface area (TPSA) is 88.4 Å². The summed E-state index contributed by atoms with van der Waals surface area (Å²) < 4.78 is 7.31. The summed E-state index contributed by atoms with van der Waals surface area (Å²) in [4.78, 5) is 16.6. The first-order valence-corrected chi connectivity index (χ1v) is 9.00. The fourth-order valence-electron chi connectivity index (χ4n) is 2.93. The van der Waals surface area contributed by atoms with Crippen molar-refractivity contribution in [3.8, 4) is 11.4 Å². The molecule has 3 aromatic rings. The lowest BCUT2D eigenvalue weighted by Gasteiger charge is -2.17. The molecule has 7 nitrogen and oxygen atoms in total. The van der Waals surface area contributed by atoms with Crippen LogP contribution in [0.4, 0.5) is 10.5 Å². The number of aliphatic hydroxyl groups is 1. The minimum Gasteiger partial charge on any atom is -0.494 e. The number of nitrogens with one attached hydrogen (secondary N) is 2. The highest BCUT2D eigenvalue weighted by atomic mass is 16.5. The summed E-state index contributed by atoms with van der Waals surface area (Å²) >= 11 is 0. The molecular weight excluding hydrogens is 356 g/mol. The van der Waals surface area contributed by atoms with Crippen molar-refractivity contribution in [2.75, 3.05) is 19.0 Å². The Bertz CT molecular complexity index is 924. The summed E-state index contributed by atoms with van der Waals surface area (Å²) in [6, 6.07) is 14.3. The van der Waals surface area contributed by atoms with E-state index in [0.717, 1.165) is 16.9 Å². The average molecular weight is 380 g/mol. The molecule has 0 radical (unpaired) electrons. The van der Waals surface area contributed by atoms with Crippen molar-refractivity contribution in [3.63, 3.8) is 0 Å². The molecule has 0 aliphatic heterocycles. The molecule has 3 N–H and O–H groups in total. The molecule has 0 saturated carbocycles. The number of amides is 2. The van der Waals surface area contributed by atoms with Gasteiger partial charge >= 0.3 is 6.03 Å². The number of anilines is 1. The highest BCUT2D eigenvalue weighted by Crippen LogP contribution is 2.26. The number of methoxy groups -OCH3 is 1. The van der Waals surface area contributed by atoms with Crippen molar-refractivity contribution < 1.29 is 14.6 Å². The molecule has 0 fully saturated rings. The number of carbonyl (C=O) groups excluding carboxylic acids is 1. The minimum absolute atomic E-state index is 0.148. The average Bonchev–Trinajstić information content (AvgIpc) is 3.14. The van der Waals surface area contributed by atoms with Crippen LogP contribution in [0.1, 0.15) is 11.3 Å². The zero-order valence-electron chi connectivity index (χ0n) is 15.9. The first kappa shape index (κ1) is 19.4. The Labute approximate surface area is 164 Å². The number of imidazole rings is 1. The maximum absolute atomic E-state index is 12.3. The molecule has 0 saturated heterocycles. The number of ether oxygens (including phenoxy) is 1. The molecule has 1 unspecified atom stereocenters. The molecule has 0 aliphatic carbocycles. The van der Waals surface area contributed by atoms with E-state index >= 15 is 0 Å². The molecule has 2 amide bonds.